The molecule has 0 radical (unpaired) electrons. The van der Waals surface area contributed by atoms with Crippen molar-refractivity contribution in [2.24, 2.45) is 11.8 Å². The van der Waals surface area contributed by atoms with Crippen LogP contribution in [0.5, 0.6) is 0 Å². The normalized spacial score (nSPS) is 17.6. The van der Waals surface area contributed by atoms with Gasteiger partial charge in [0, 0.05) is 19.0 Å². The largest absolute Gasteiger partial charge is 0.381 e. The summed E-state index contributed by atoms with van der Waals surface area (Å²) in [7, 11) is 0. The topological polar surface area (TPSA) is 50.4 Å². The third kappa shape index (κ3) is 5.35. The molecule has 4 nitrogen and oxygen atoms in total. The van der Waals surface area contributed by atoms with Crippen LogP contribution in [0.2, 0.25) is 0 Å². The van der Waals surface area contributed by atoms with Crippen LogP contribution in [0.1, 0.15) is 33.1 Å². The zero-order valence-electron chi connectivity index (χ0n) is 10.4. The van der Waals surface area contributed by atoms with Crippen molar-refractivity contribution in [3.8, 4) is 0 Å². The van der Waals surface area contributed by atoms with E-state index in [1.807, 2.05) is 0 Å². The van der Waals surface area contributed by atoms with Gasteiger partial charge in [-0.25, -0.2) is 4.79 Å². The molecule has 1 saturated heterocycles. The fourth-order valence-corrected chi connectivity index (χ4v) is 1.56. The van der Waals surface area contributed by atoms with Crippen LogP contribution < -0.4 is 10.6 Å². The Labute approximate surface area is 98.1 Å². The zero-order valence-corrected chi connectivity index (χ0v) is 10.4. The molecule has 1 aliphatic rings. The summed E-state index contributed by atoms with van der Waals surface area (Å²) in [6.07, 6.45) is 3.47. The van der Waals surface area contributed by atoms with E-state index in [9.17, 15) is 4.79 Å². The van der Waals surface area contributed by atoms with Crippen molar-refractivity contribution in [1.29, 1.82) is 0 Å². The lowest BCUT2D eigenvalue weighted by Crippen LogP contribution is -2.43. The van der Waals surface area contributed by atoms with Gasteiger partial charge < -0.3 is 15.4 Å². The molecule has 0 aliphatic carbocycles. The Morgan fingerprint density at radius 3 is 2.75 bits per heavy atom. The highest BCUT2D eigenvalue weighted by Crippen LogP contribution is 2.08. The molecule has 94 valence electrons. The SMILES string of the molecule is CCC(C)CCCNC(=O)NCC1COC1. The lowest BCUT2D eigenvalue weighted by atomic mass is 10.0. The third-order valence-electron chi connectivity index (χ3n) is 3.11. The van der Waals surface area contributed by atoms with Crippen molar-refractivity contribution in [2.75, 3.05) is 26.3 Å². The van der Waals surface area contributed by atoms with E-state index in [1.165, 1.54) is 12.8 Å². The van der Waals surface area contributed by atoms with Crippen molar-refractivity contribution < 1.29 is 9.53 Å². The van der Waals surface area contributed by atoms with Gasteiger partial charge in [-0.15, -0.1) is 0 Å². The second kappa shape index (κ2) is 7.49. The van der Waals surface area contributed by atoms with Gasteiger partial charge in [-0.05, 0) is 18.8 Å². The summed E-state index contributed by atoms with van der Waals surface area (Å²) in [6, 6.07) is -0.0453. The van der Waals surface area contributed by atoms with Crippen LogP contribution in [0.25, 0.3) is 0 Å². The highest BCUT2D eigenvalue weighted by atomic mass is 16.5. The minimum absolute atomic E-state index is 0.0453. The summed E-state index contributed by atoms with van der Waals surface area (Å²) in [5, 5.41) is 5.73. The molecule has 0 bridgehead atoms. The standard InChI is InChI=1S/C12H24N2O2/c1-3-10(2)5-4-6-13-12(15)14-7-11-8-16-9-11/h10-11H,3-9H2,1-2H3,(H2,13,14,15). The van der Waals surface area contributed by atoms with Crippen LogP contribution in [-0.2, 0) is 4.74 Å². The summed E-state index contributed by atoms with van der Waals surface area (Å²) >= 11 is 0. The maximum atomic E-state index is 11.3. The van der Waals surface area contributed by atoms with Gasteiger partial charge in [0.1, 0.15) is 0 Å². The molecule has 0 spiro atoms. The van der Waals surface area contributed by atoms with Gasteiger partial charge in [-0.3, -0.25) is 0 Å². The molecule has 1 aliphatic heterocycles. The van der Waals surface area contributed by atoms with Crippen molar-refractivity contribution in [3.63, 3.8) is 0 Å². The Bertz CT molecular complexity index is 205. The first kappa shape index (κ1) is 13.3. The summed E-state index contributed by atoms with van der Waals surface area (Å²) in [4.78, 5) is 11.3. The molecule has 1 rings (SSSR count). The van der Waals surface area contributed by atoms with Gasteiger partial charge in [0.25, 0.3) is 0 Å². The second-order valence-corrected chi connectivity index (χ2v) is 4.70. The van der Waals surface area contributed by atoms with Gasteiger partial charge in [0.2, 0.25) is 0 Å². The molecule has 0 saturated carbocycles. The first-order valence-electron chi connectivity index (χ1n) is 6.31. The summed E-state index contributed by atoms with van der Waals surface area (Å²) in [5.41, 5.74) is 0. The van der Waals surface area contributed by atoms with E-state index in [-0.39, 0.29) is 6.03 Å². The quantitative estimate of drug-likeness (QED) is 0.652. The number of rotatable bonds is 7. The maximum Gasteiger partial charge on any atom is 0.314 e. The number of hydrogen-bond acceptors (Lipinski definition) is 2. The zero-order chi connectivity index (χ0) is 11.8. The van der Waals surface area contributed by atoms with Gasteiger partial charge in [-0.1, -0.05) is 20.3 Å². The van der Waals surface area contributed by atoms with E-state index in [1.54, 1.807) is 0 Å². The molecule has 4 heteroatoms. The minimum Gasteiger partial charge on any atom is -0.381 e. The third-order valence-corrected chi connectivity index (χ3v) is 3.11. The minimum atomic E-state index is -0.0453. The van der Waals surface area contributed by atoms with Crippen molar-refractivity contribution >= 4 is 6.03 Å². The van der Waals surface area contributed by atoms with Crippen LogP contribution in [-0.4, -0.2) is 32.3 Å². The van der Waals surface area contributed by atoms with E-state index in [2.05, 4.69) is 24.5 Å². The molecule has 2 N–H and O–H groups in total. The van der Waals surface area contributed by atoms with E-state index >= 15 is 0 Å². The second-order valence-electron chi connectivity index (χ2n) is 4.70. The van der Waals surface area contributed by atoms with Gasteiger partial charge in [0.15, 0.2) is 0 Å². The maximum absolute atomic E-state index is 11.3. The molecular weight excluding hydrogens is 204 g/mol. The fraction of sp³-hybridized carbons (Fsp3) is 0.917. The number of amides is 2. The van der Waals surface area contributed by atoms with Crippen LogP contribution in [0, 0.1) is 11.8 Å². The number of hydrogen-bond donors (Lipinski definition) is 2. The smallest absolute Gasteiger partial charge is 0.314 e. The molecule has 16 heavy (non-hydrogen) atoms. The average Bonchev–Trinajstić information content (AvgIpc) is 2.21. The van der Waals surface area contributed by atoms with Gasteiger partial charge >= 0.3 is 6.03 Å². The number of urea groups is 1. The summed E-state index contributed by atoms with van der Waals surface area (Å²) < 4.78 is 5.03. The summed E-state index contributed by atoms with van der Waals surface area (Å²) in [5.74, 6) is 1.28. The van der Waals surface area contributed by atoms with Crippen LogP contribution in [0.15, 0.2) is 0 Å². The Morgan fingerprint density at radius 1 is 1.44 bits per heavy atom. The highest BCUT2D eigenvalue weighted by Gasteiger charge is 2.18. The lowest BCUT2D eigenvalue weighted by molar-refractivity contribution is -0.0293. The monoisotopic (exact) mass is 228 g/mol. The first-order chi connectivity index (χ1) is 7.72. The molecule has 1 unspecified atom stereocenters. The van der Waals surface area contributed by atoms with Crippen molar-refractivity contribution in [3.05, 3.63) is 0 Å². The number of carbonyl (C=O) groups is 1. The van der Waals surface area contributed by atoms with Crippen molar-refractivity contribution in [1.82, 2.24) is 10.6 Å². The van der Waals surface area contributed by atoms with Gasteiger partial charge in [-0.2, -0.15) is 0 Å². The molecule has 0 aromatic heterocycles. The number of ether oxygens (including phenoxy) is 1. The van der Waals surface area contributed by atoms with E-state index in [4.69, 9.17) is 4.74 Å². The molecular formula is C12H24N2O2. The molecule has 1 fully saturated rings. The van der Waals surface area contributed by atoms with Crippen LogP contribution >= 0.6 is 0 Å². The predicted molar refractivity (Wildman–Crippen MR) is 64.4 cm³/mol. The van der Waals surface area contributed by atoms with E-state index in [0.717, 1.165) is 38.6 Å². The molecule has 0 aromatic carbocycles. The first-order valence-corrected chi connectivity index (χ1v) is 6.31. The molecule has 2 amide bonds. The Balaban J connectivity index is 1.89. The lowest BCUT2D eigenvalue weighted by Gasteiger charge is -2.25. The Kier molecular flexibility index (Phi) is 6.23. The number of carbonyl (C=O) groups excluding carboxylic acids is 1. The van der Waals surface area contributed by atoms with Crippen LogP contribution in [0.3, 0.4) is 0 Å². The molecule has 1 heterocycles. The Hall–Kier alpha value is -0.770. The number of nitrogens with one attached hydrogen (secondary N) is 2. The molecule has 0 aromatic rings. The summed E-state index contributed by atoms with van der Waals surface area (Å²) in [6.45, 7) is 7.53. The van der Waals surface area contributed by atoms with E-state index < -0.39 is 0 Å². The van der Waals surface area contributed by atoms with E-state index in [0.29, 0.717) is 5.92 Å². The van der Waals surface area contributed by atoms with Crippen LogP contribution in [0.4, 0.5) is 4.79 Å². The predicted octanol–water partition coefficient (Wildman–Crippen LogP) is 1.76. The molecule has 1 atom stereocenters. The van der Waals surface area contributed by atoms with Gasteiger partial charge in [0.05, 0.1) is 13.2 Å². The average molecular weight is 228 g/mol. The highest BCUT2D eigenvalue weighted by molar-refractivity contribution is 5.73. The Morgan fingerprint density at radius 2 is 2.19 bits per heavy atom. The fourth-order valence-electron chi connectivity index (χ4n) is 1.56. The van der Waals surface area contributed by atoms with Crippen molar-refractivity contribution in [2.45, 2.75) is 33.1 Å².